The number of hydrogen-bond donors (Lipinski definition) is 1. The Kier molecular flexibility index (Phi) is 5.72. The monoisotopic (exact) mass is 312 g/mol. The first kappa shape index (κ1) is 15.9. The maximum Gasteiger partial charge on any atom is 0.252 e. The van der Waals surface area contributed by atoms with Crippen molar-refractivity contribution in [2.45, 2.75) is 18.6 Å². The molecule has 1 aliphatic rings. The van der Waals surface area contributed by atoms with Crippen LogP contribution in [0.5, 0.6) is 0 Å². The number of thiophene rings is 1. The molecular formula is C14H20N2O4S. The highest BCUT2D eigenvalue weighted by atomic mass is 32.1. The summed E-state index contributed by atoms with van der Waals surface area (Å²) in [5.74, 6) is -0.233. The third kappa shape index (κ3) is 4.52. The van der Waals surface area contributed by atoms with E-state index in [0.717, 1.165) is 0 Å². The SMILES string of the molecule is CN(C)C(=O)CO[C@H]1CCOC[C@H]1NC(=O)c1ccsc1. The van der Waals surface area contributed by atoms with E-state index in [0.29, 0.717) is 25.2 Å². The average Bonchev–Trinajstić information content (AvgIpc) is 3.00. The molecule has 0 saturated carbocycles. The normalized spacial score (nSPS) is 21.8. The van der Waals surface area contributed by atoms with E-state index < -0.39 is 0 Å². The summed E-state index contributed by atoms with van der Waals surface area (Å²) in [5.41, 5.74) is 0.633. The fourth-order valence-electron chi connectivity index (χ4n) is 2.01. The number of nitrogens with one attached hydrogen (secondary N) is 1. The van der Waals surface area contributed by atoms with Gasteiger partial charge in [-0.05, 0) is 17.9 Å². The van der Waals surface area contributed by atoms with Crippen LogP contribution < -0.4 is 5.32 Å². The summed E-state index contributed by atoms with van der Waals surface area (Å²) in [4.78, 5) is 25.1. The van der Waals surface area contributed by atoms with Crippen LogP contribution in [0.2, 0.25) is 0 Å². The van der Waals surface area contributed by atoms with Gasteiger partial charge in [-0.1, -0.05) is 0 Å². The second kappa shape index (κ2) is 7.53. The van der Waals surface area contributed by atoms with Crippen molar-refractivity contribution in [2.24, 2.45) is 0 Å². The third-order valence-electron chi connectivity index (χ3n) is 3.31. The highest BCUT2D eigenvalue weighted by Gasteiger charge is 2.29. The molecule has 2 heterocycles. The fraction of sp³-hybridized carbons (Fsp3) is 0.571. The Bertz CT molecular complexity index is 475. The third-order valence-corrected chi connectivity index (χ3v) is 4.00. The quantitative estimate of drug-likeness (QED) is 0.871. The number of likely N-dealkylation sites (N-methyl/N-ethyl adjacent to an activating group) is 1. The maximum atomic E-state index is 12.1. The van der Waals surface area contributed by atoms with Gasteiger partial charge in [-0.2, -0.15) is 11.3 Å². The summed E-state index contributed by atoms with van der Waals surface area (Å²) >= 11 is 1.47. The van der Waals surface area contributed by atoms with Gasteiger partial charge in [-0.3, -0.25) is 9.59 Å². The van der Waals surface area contributed by atoms with Crippen molar-refractivity contribution in [3.8, 4) is 0 Å². The van der Waals surface area contributed by atoms with Crippen molar-refractivity contribution >= 4 is 23.2 Å². The lowest BCUT2D eigenvalue weighted by Crippen LogP contribution is -2.51. The van der Waals surface area contributed by atoms with E-state index in [2.05, 4.69) is 5.32 Å². The molecular weight excluding hydrogens is 292 g/mol. The van der Waals surface area contributed by atoms with Gasteiger partial charge in [0, 0.05) is 31.6 Å². The predicted octanol–water partition coefficient (Wildman–Crippen LogP) is 0.740. The molecule has 0 spiro atoms. The molecule has 0 aromatic carbocycles. The van der Waals surface area contributed by atoms with Crippen molar-refractivity contribution < 1.29 is 19.1 Å². The zero-order valence-electron chi connectivity index (χ0n) is 12.2. The second-order valence-corrected chi connectivity index (χ2v) is 5.87. The lowest BCUT2D eigenvalue weighted by atomic mass is 10.1. The summed E-state index contributed by atoms with van der Waals surface area (Å²) < 4.78 is 11.1. The van der Waals surface area contributed by atoms with Gasteiger partial charge in [-0.15, -0.1) is 0 Å². The molecule has 1 aromatic rings. The lowest BCUT2D eigenvalue weighted by molar-refractivity contribution is -0.138. The summed E-state index contributed by atoms with van der Waals surface area (Å²) in [6.45, 7) is 0.991. The largest absolute Gasteiger partial charge is 0.379 e. The van der Waals surface area contributed by atoms with Crippen LogP contribution in [0.4, 0.5) is 0 Å². The molecule has 6 nitrogen and oxygen atoms in total. The smallest absolute Gasteiger partial charge is 0.252 e. The van der Waals surface area contributed by atoms with Crippen LogP contribution in [0, 0.1) is 0 Å². The van der Waals surface area contributed by atoms with E-state index in [1.54, 1.807) is 25.5 Å². The Morgan fingerprint density at radius 2 is 2.33 bits per heavy atom. The van der Waals surface area contributed by atoms with E-state index in [4.69, 9.17) is 9.47 Å². The zero-order valence-corrected chi connectivity index (χ0v) is 13.0. The Hall–Kier alpha value is -1.44. The molecule has 0 bridgehead atoms. The molecule has 21 heavy (non-hydrogen) atoms. The average molecular weight is 312 g/mol. The second-order valence-electron chi connectivity index (χ2n) is 5.09. The highest BCUT2D eigenvalue weighted by Crippen LogP contribution is 2.14. The Morgan fingerprint density at radius 3 is 3.00 bits per heavy atom. The van der Waals surface area contributed by atoms with Crippen molar-refractivity contribution in [3.05, 3.63) is 22.4 Å². The van der Waals surface area contributed by atoms with Gasteiger partial charge < -0.3 is 19.7 Å². The molecule has 1 N–H and O–H groups in total. The van der Waals surface area contributed by atoms with Gasteiger partial charge in [0.15, 0.2) is 0 Å². The van der Waals surface area contributed by atoms with Crippen LogP contribution in [-0.2, 0) is 14.3 Å². The van der Waals surface area contributed by atoms with E-state index in [9.17, 15) is 9.59 Å². The van der Waals surface area contributed by atoms with E-state index in [1.165, 1.54) is 16.2 Å². The Morgan fingerprint density at radius 1 is 1.52 bits per heavy atom. The summed E-state index contributed by atoms with van der Waals surface area (Å²) in [6, 6.07) is 1.54. The van der Waals surface area contributed by atoms with Crippen LogP contribution in [0.25, 0.3) is 0 Å². The number of hydrogen-bond acceptors (Lipinski definition) is 5. The van der Waals surface area contributed by atoms with Crippen molar-refractivity contribution in [2.75, 3.05) is 33.9 Å². The molecule has 1 saturated heterocycles. The minimum atomic E-state index is -0.235. The summed E-state index contributed by atoms with van der Waals surface area (Å²) in [5, 5.41) is 6.57. The number of carbonyl (C=O) groups is 2. The van der Waals surface area contributed by atoms with Crippen LogP contribution >= 0.6 is 11.3 Å². The standard InChI is InChI=1S/C14H20N2O4S/c1-16(2)13(17)8-20-12-3-5-19-7-11(12)15-14(18)10-4-6-21-9-10/h4,6,9,11-12H,3,5,7-8H2,1-2H3,(H,15,18)/t11-,12+/m1/s1. The van der Waals surface area contributed by atoms with Crippen LogP contribution in [0.1, 0.15) is 16.8 Å². The number of ether oxygens (including phenoxy) is 2. The minimum absolute atomic E-state index is 0.0164. The van der Waals surface area contributed by atoms with Gasteiger partial charge in [0.2, 0.25) is 5.91 Å². The Balaban J connectivity index is 1.89. The first-order valence-corrected chi connectivity index (χ1v) is 7.74. The molecule has 2 atom stereocenters. The molecule has 0 unspecified atom stereocenters. The number of carbonyl (C=O) groups excluding carboxylic acids is 2. The van der Waals surface area contributed by atoms with Crippen LogP contribution in [0.3, 0.4) is 0 Å². The van der Waals surface area contributed by atoms with Gasteiger partial charge >= 0.3 is 0 Å². The minimum Gasteiger partial charge on any atom is -0.379 e. The van der Waals surface area contributed by atoms with E-state index in [-0.39, 0.29) is 30.6 Å². The lowest BCUT2D eigenvalue weighted by Gasteiger charge is -2.32. The number of amides is 2. The summed E-state index contributed by atoms with van der Waals surface area (Å²) in [7, 11) is 3.37. The highest BCUT2D eigenvalue weighted by molar-refractivity contribution is 7.08. The zero-order chi connectivity index (χ0) is 15.2. The van der Waals surface area contributed by atoms with Gasteiger partial charge in [0.1, 0.15) is 6.61 Å². The van der Waals surface area contributed by atoms with Gasteiger partial charge in [-0.25, -0.2) is 0 Å². The molecule has 1 aromatic heterocycles. The van der Waals surface area contributed by atoms with Crippen molar-refractivity contribution in [3.63, 3.8) is 0 Å². The van der Waals surface area contributed by atoms with Crippen molar-refractivity contribution in [1.29, 1.82) is 0 Å². The number of nitrogens with zero attached hydrogens (tertiary/aromatic N) is 1. The molecule has 0 radical (unpaired) electrons. The first-order valence-electron chi connectivity index (χ1n) is 6.80. The van der Waals surface area contributed by atoms with E-state index >= 15 is 0 Å². The van der Waals surface area contributed by atoms with E-state index in [1.807, 2.05) is 5.38 Å². The topological polar surface area (TPSA) is 67.9 Å². The summed E-state index contributed by atoms with van der Waals surface area (Å²) in [6.07, 6.45) is 0.459. The molecule has 0 aliphatic carbocycles. The fourth-order valence-corrected chi connectivity index (χ4v) is 2.64. The Labute approximate surface area is 128 Å². The molecule has 2 amide bonds. The molecule has 7 heteroatoms. The first-order chi connectivity index (χ1) is 10.1. The molecule has 116 valence electrons. The van der Waals surface area contributed by atoms with Crippen molar-refractivity contribution in [1.82, 2.24) is 10.2 Å². The number of rotatable bonds is 5. The van der Waals surface area contributed by atoms with Gasteiger partial charge in [0.05, 0.1) is 18.8 Å². The van der Waals surface area contributed by atoms with Crippen LogP contribution in [0.15, 0.2) is 16.8 Å². The molecule has 1 aliphatic heterocycles. The predicted molar refractivity (Wildman–Crippen MR) is 79.4 cm³/mol. The maximum absolute atomic E-state index is 12.1. The molecule has 1 fully saturated rings. The van der Waals surface area contributed by atoms with Crippen LogP contribution in [-0.4, -0.2) is 62.8 Å². The van der Waals surface area contributed by atoms with Gasteiger partial charge in [0.25, 0.3) is 5.91 Å². The molecule has 2 rings (SSSR count).